The van der Waals surface area contributed by atoms with Crippen LogP contribution in [-0.4, -0.2) is 30.9 Å². The van der Waals surface area contributed by atoms with Gasteiger partial charge in [0.1, 0.15) is 5.75 Å². The highest BCUT2D eigenvalue weighted by atomic mass is 19.4. The summed E-state index contributed by atoms with van der Waals surface area (Å²) in [7, 11) is 0. The van der Waals surface area contributed by atoms with Gasteiger partial charge in [-0.3, -0.25) is 0 Å². The first kappa shape index (κ1) is 14.2. The van der Waals surface area contributed by atoms with E-state index >= 15 is 0 Å². The van der Waals surface area contributed by atoms with E-state index in [1.807, 2.05) is 6.07 Å². The van der Waals surface area contributed by atoms with Gasteiger partial charge in [-0.15, -0.1) is 13.2 Å². The number of hydrogen-bond donors (Lipinski definition) is 0. The Hall–Kier alpha value is -1.23. The molecule has 1 aromatic rings. The van der Waals surface area contributed by atoms with E-state index in [-0.39, 0.29) is 5.75 Å². The van der Waals surface area contributed by atoms with Gasteiger partial charge in [-0.05, 0) is 56.1 Å². The summed E-state index contributed by atoms with van der Waals surface area (Å²) >= 11 is 0. The van der Waals surface area contributed by atoms with Crippen molar-refractivity contribution in [3.8, 4) is 5.75 Å². The second kappa shape index (κ2) is 5.82. The van der Waals surface area contributed by atoms with E-state index < -0.39 is 6.36 Å². The van der Waals surface area contributed by atoms with Crippen molar-refractivity contribution in [3.63, 3.8) is 0 Å². The van der Waals surface area contributed by atoms with Gasteiger partial charge in [0.25, 0.3) is 0 Å². The van der Waals surface area contributed by atoms with Crippen LogP contribution in [0, 0.1) is 0 Å². The predicted molar refractivity (Wildman–Crippen MR) is 67.2 cm³/mol. The third-order valence-corrected chi connectivity index (χ3v) is 3.60. The fourth-order valence-electron chi connectivity index (χ4n) is 2.55. The van der Waals surface area contributed by atoms with E-state index in [1.54, 1.807) is 6.07 Å². The first-order valence-corrected chi connectivity index (χ1v) is 6.56. The Morgan fingerprint density at radius 2 is 1.95 bits per heavy atom. The number of likely N-dealkylation sites (tertiary alicyclic amines) is 1. The average Bonchev–Trinajstić information content (AvgIpc) is 2.37. The van der Waals surface area contributed by atoms with E-state index in [2.05, 4.69) is 16.6 Å². The van der Waals surface area contributed by atoms with Crippen LogP contribution in [-0.2, 0) is 0 Å². The zero-order valence-corrected chi connectivity index (χ0v) is 10.9. The molecule has 0 unspecified atom stereocenters. The van der Waals surface area contributed by atoms with Crippen molar-refractivity contribution in [2.45, 2.75) is 32.0 Å². The smallest absolute Gasteiger partial charge is 0.406 e. The lowest BCUT2D eigenvalue weighted by molar-refractivity contribution is -0.274. The van der Waals surface area contributed by atoms with Crippen molar-refractivity contribution < 1.29 is 17.9 Å². The molecule has 0 aliphatic carbocycles. The topological polar surface area (TPSA) is 12.5 Å². The van der Waals surface area contributed by atoms with Crippen molar-refractivity contribution in [1.82, 2.24) is 4.90 Å². The van der Waals surface area contributed by atoms with Crippen molar-refractivity contribution in [3.05, 3.63) is 29.8 Å². The summed E-state index contributed by atoms with van der Waals surface area (Å²) in [4.78, 5) is 2.35. The lowest BCUT2D eigenvalue weighted by atomic mass is 9.89. The van der Waals surface area contributed by atoms with Gasteiger partial charge in [-0.1, -0.05) is 19.1 Å². The van der Waals surface area contributed by atoms with Gasteiger partial charge in [0.2, 0.25) is 0 Å². The Kier molecular flexibility index (Phi) is 4.34. The molecule has 1 saturated heterocycles. The third kappa shape index (κ3) is 4.13. The van der Waals surface area contributed by atoms with Crippen molar-refractivity contribution >= 4 is 0 Å². The van der Waals surface area contributed by atoms with Gasteiger partial charge in [-0.2, -0.15) is 0 Å². The summed E-state index contributed by atoms with van der Waals surface area (Å²) in [5.74, 6) is 0.211. The van der Waals surface area contributed by atoms with Crippen LogP contribution in [0.2, 0.25) is 0 Å². The summed E-state index contributed by atoms with van der Waals surface area (Å²) in [6, 6.07) is 6.37. The van der Waals surface area contributed by atoms with Crippen LogP contribution >= 0.6 is 0 Å². The van der Waals surface area contributed by atoms with Gasteiger partial charge < -0.3 is 9.64 Å². The molecule has 1 fully saturated rings. The first-order valence-electron chi connectivity index (χ1n) is 6.56. The van der Waals surface area contributed by atoms with Crippen LogP contribution in [0.15, 0.2) is 24.3 Å². The summed E-state index contributed by atoms with van der Waals surface area (Å²) in [5.41, 5.74) is 0.942. The summed E-state index contributed by atoms with van der Waals surface area (Å²) in [6.07, 6.45) is -2.64. The number of benzene rings is 1. The van der Waals surface area contributed by atoms with Crippen molar-refractivity contribution in [1.29, 1.82) is 0 Å². The van der Waals surface area contributed by atoms with Crippen LogP contribution in [0.4, 0.5) is 13.2 Å². The summed E-state index contributed by atoms with van der Waals surface area (Å²) < 4.78 is 40.5. The number of alkyl halides is 3. The standard InChI is InChI=1S/C14H18F3NO/c1-2-18-8-6-11(7-9-18)12-4-3-5-13(10-12)19-14(15,16)17/h3-5,10-11H,2,6-9H2,1H3. The highest BCUT2D eigenvalue weighted by Crippen LogP contribution is 2.31. The normalized spacial score (nSPS) is 18.5. The number of rotatable bonds is 3. The van der Waals surface area contributed by atoms with Gasteiger partial charge >= 0.3 is 6.36 Å². The number of nitrogens with zero attached hydrogens (tertiary/aromatic N) is 1. The molecule has 106 valence electrons. The van der Waals surface area contributed by atoms with Crippen molar-refractivity contribution in [2.75, 3.05) is 19.6 Å². The first-order chi connectivity index (χ1) is 8.98. The lowest BCUT2D eigenvalue weighted by Gasteiger charge is -2.31. The molecule has 0 bridgehead atoms. The maximum atomic E-state index is 12.2. The van der Waals surface area contributed by atoms with Crippen LogP contribution in [0.3, 0.4) is 0 Å². The zero-order valence-electron chi connectivity index (χ0n) is 10.9. The minimum Gasteiger partial charge on any atom is -0.406 e. The van der Waals surface area contributed by atoms with Crippen LogP contribution in [0.1, 0.15) is 31.2 Å². The number of piperidine rings is 1. The van der Waals surface area contributed by atoms with Crippen LogP contribution in [0.25, 0.3) is 0 Å². The molecule has 1 heterocycles. The van der Waals surface area contributed by atoms with Gasteiger partial charge in [0, 0.05) is 0 Å². The molecular formula is C14H18F3NO. The minimum absolute atomic E-state index is 0.122. The quantitative estimate of drug-likeness (QED) is 0.831. The minimum atomic E-state index is -4.62. The molecule has 2 rings (SSSR count). The Morgan fingerprint density at radius 1 is 1.26 bits per heavy atom. The molecule has 0 radical (unpaired) electrons. The number of hydrogen-bond acceptors (Lipinski definition) is 2. The molecule has 0 N–H and O–H groups in total. The highest BCUT2D eigenvalue weighted by Gasteiger charge is 2.31. The second-order valence-electron chi connectivity index (χ2n) is 4.83. The van der Waals surface area contributed by atoms with Crippen molar-refractivity contribution in [2.24, 2.45) is 0 Å². The number of ether oxygens (including phenoxy) is 1. The Bertz CT molecular complexity index is 411. The van der Waals surface area contributed by atoms with Crippen LogP contribution < -0.4 is 4.74 Å². The van der Waals surface area contributed by atoms with E-state index in [0.29, 0.717) is 5.92 Å². The monoisotopic (exact) mass is 273 g/mol. The second-order valence-corrected chi connectivity index (χ2v) is 4.83. The average molecular weight is 273 g/mol. The van der Waals surface area contributed by atoms with E-state index in [9.17, 15) is 13.2 Å². The van der Waals surface area contributed by atoms with Gasteiger partial charge in [0.15, 0.2) is 0 Å². The molecule has 1 aliphatic rings. The fraction of sp³-hybridized carbons (Fsp3) is 0.571. The van der Waals surface area contributed by atoms with Crippen LogP contribution in [0.5, 0.6) is 5.75 Å². The van der Waals surface area contributed by atoms with E-state index in [0.717, 1.165) is 38.0 Å². The fourth-order valence-corrected chi connectivity index (χ4v) is 2.55. The lowest BCUT2D eigenvalue weighted by Crippen LogP contribution is -2.32. The molecule has 19 heavy (non-hydrogen) atoms. The van der Waals surface area contributed by atoms with Gasteiger partial charge in [-0.25, -0.2) is 0 Å². The number of halogens is 3. The summed E-state index contributed by atoms with van der Waals surface area (Å²) in [6.45, 7) is 5.17. The molecule has 0 amide bonds. The zero-order chi connectivity index (χ0) is 13.9. The van der Waals surface area contributed by atoms with E-state index in [1.165, 1.54) is 12.1 Å². The Balaban J connectivity index is 2.03. The summed E-state index contributed by atoms with van der Waals surface area (Å²) in [5, 5.41) is 0. The SMILES string of the molecule is CCN1CCC(c2cccc(OC(F)(F)F)c2)CC1. The molecule has 0 atom stereocenters. The maximum Gasteiger partial charge on any atom is 0.573 e. The largest absolute Gasteiger partial charge is 0.573 e. The third-order valence-electron chi connectivity index (χ3n) is 3.60. The molecule has 0 spiro atoms. The molecule has 2 nitrogen and oxygen atoms in total. The predicted octanol–water partition coefficient (Wildman–Crippen LogP) is 3.78. The Labute approximate surface area is 111 Å². The molecule has 5 heteroatoms. The molecule has 1 aromatic carbocycles. The molecule has 0 aromatic heterocycles. The van der Waals surface area contributed by atoms with E-state index in [4.69, 9.17) is 0 Å². The molecule has 1 aliphatic heterocycles. The highest BCUT2D eigenvalue weighted by molar-refractivity contribution is 5.31. The van der Waals surface area contributed by atoms with Gasteiger partial charge in [0.05, 0.1) is 0 Å². The Morgan fingerprint density at radius 3 is 2.53 bits per heavy atom. The molecule has 0 saturated carbocycles. The molecular weight excluding hydrogens is 255 g/mol. The maximum absolute atomic E-state index is 12.2.